The number of ether oxygens (including phenoxy) is 1. The third kappa shape index (κ3) is 8.60. The summed E-state index contributed by atoms with van der Waals surface area (Å²) in [5.74, 6) is -0.836. The number of amides is 1. The quantitative estimate of drug-likeness (QED) is 0.120. The van der Waals surface area contributed by atoms with Crippen LogP contribution in [0.4, 0.5) is 21.7 Å². The van der Waals surface area contributed by atoms with Crippen LogP contribution in [0.25, 0.3) is 22.2 Å². The molecule has 0 radical (unpaired) electrons. The predicted octanol–water partition coefficient (Wildman–Crippen LogP) is 6.36. The summed E-state index contributed by atoms with van der Waals surface area (Å²) in [5.41, 5.74) is 3.62. The van der Waals surface area contributed by atoms with Crippen molar-refractivity contribution in [3.8, 4) is 11.3 Å². The lowest BCUT2D eigenvalue weighted by molar-refractivity contribution is -0.123. The Balaban J connectivity index is 1.53. The Bertz CT molecular complexity index is 1960. The molecule has 1 aliphatic heterocycles. The van der Waals surface area contributed by atoms with E-state index in [4.69, 9.17) is 9.72 Å². The first-order chi connectivity index (χ1) is 23.6. The molecule has 2 atom stereocenters. The monoisotopic (exact) mass is 723 g/mol. The zero-order valence-electron chi connectivity index (χ0n) is 30.4. The zero-order chi connectivity index (χ0) is 36.4. The van der Waals surface area contributed by atoms with Crippen molar-refractivity contribution in [2.45, 2.75) is 76.6 Å². The molecule has 2 aromatic carbocycles. The minimum absolute atomic E-state index is 0.0478. The van der Waals surface area contributed by atoms with Crippen LogP contribution >= 0.6 is 0 Å². The molecule has 1 aliphatic rings. The van der Waals surface area contributed by atoms with Crippen molar-refractivity contribution in [2.75, 3.05) is 50.2 Å². The number of likely N-dealkylation sites (N-methyl/N-ethyl adjacent to an activating group) is 1. The lowest BCUT2D eigenvalue weighted by Crippen LogP contribution is -2.57. The number of piperazine rings is 1. The van der Waals surface area contributed by atoms with Crippen molar-refractivity contribution in [2.24, 2.45) is 0 Å². The van der Waals surface area contributed by atoms with Gasteiger partial charge in [0.25, 0.3) is 0 Å². The van der Waals surface area contributed by atoms with Crippen LogP contribution in [0, 0.1) is 12.7 Å². The summed E-state index contributed by atoms with van der Waals surface area (Å²) in [4.78, 5) is 27.3. The standard InChI is InChI=1S/C36H50FN7O4SSi/c1-9-30(44-17-16-42(4)21-25(44)3)35(45)39-29-14-10-12-26-27(22-43(34(26)29)23-48-18-19-50(6,7)8)33-24(2)20-38-36(41-33)40-28-13-11-15-31(32(28)37)49(5,46)47/h10-15,20,22,25,30H,9,16-19,21,23H2,1-8H3,(H,39,45)(H,38,40,41). The molecule has 1 fully saturated rings. The van der Waals surface area contributed by atoms with Crippen LogP contribution in [0.2, 0.25) is 25.7 Å². The smallest absolute Gasteiger partial charge is 0.241 e. The van der Waals surface area contributed by atoms with E-state index in [9.17, 15) is 13.2 Å². The van der Waals surface area contributed by atoms with Gasteiger partial charge in [0.05, 0.1) is 28.6 Å². The second-order valence-electron chi connectivity index (χ2n) is 14.6. The Morgan fingerprint density at radius 1 is 1.14 bits per heavy atom. The van der Waals surface area contributed by atoms with Gasteiger partial charge >= 0.3 is 0 Å². The van der Waals surface area contributed by atoms with Crippen molar-refractivity contribution in [1.29, 1.82) is 0 Å². The van der Waals surface area contributed by atoms with Crippen LogP contribution in [-0.4, -0.2) is 98.4 Å². The van der Waals surface area contributed by atoms with Crippen molar-refractivity contribution in [1.82, 2.24) is 24.3 Å². The van der Waals surface area contributed by atoms with E-state index in [0.29, 0.717) is 24.4 Å². The van der Waals surface area contributed by atoms with E-state index in [2.05, 4.69) is 66.0 Å². The number of halogens is 1. The van der Waals surface area contributed by atoms with Gasteiger partial charge in [-0.3, -0.25) is 9.69 Å². The number of carbonyl (C=O) groups is 1. The lowest BCUT2D eigenvalue weighted by atomic mass is 10.1. The molecule has 270 valence electrons. The van der Waals surface area contributed by atoms with E-state index in [1.165, 1.54) is 18.2 Å². The minimum atomic E-state index is -3.78. The van der Waals surface area contributed by atoms with E-state index in [-0.39, 0.29) is 36.4 Å². The molecule has 1 amide bonds. The van der Waals surface area contributed by atoms with Gasteiger partial charge in [0.1, 0.15) is 11.6 Å². The lowest BCUT2D eigenvalue weighted by Gasteiger charge is -2.42. The van der Waals surface area contributed by atoms with Gasteiger partial charge < -0.3 is 24.8 Å². The van der Waals surface area contributed by atoms with Crippen LogP contribution < -0.4 is 10.6 Å². The predicted molar refractivity (Wildman–Crippen MR) is 201 cm³/mol. The highest BCUT2D eigenvalue weighted by Crippen LogP contribution is 2.36. The molecule has 5 rings (SSSR count). The molecule has 0 saturated carbocycles. The maximum absolute atomic E-state index is 15.2. The average molecular weight is 724 g/mol. The number of hydrogen-bond donors (Lipinski definition) is 2. The number of fused-ring (bicyclic) bond motifs is 1. The van der Waals surface area contributed by atoms with Gasteiger partial charge in [-0.05, 0) is 57.1 Å². The van der Waals surface area contributed by atoms with Crippen molar-refractivity contribution >= 4 is 52.0 Å². The summed E-state index contributed by atoms with van der Waals surface area (Å²) in [6.07, 6.45) is 5.27. The summed E-state index contributed by atoms with van der Waals surface area (Å²) >= 11 is 0. The second kappa shape index (κ2) is 15.3. The van der Waals surface area contributed by atoms with Gasteiger partial charge in [-0.15, -0.1) is 0 Å². The molecule has 0 bridgehead atoms. The first kappa shape index (κ1) is 37.6. The highest BCUT2D eigenvalue weighted by Gasteiger charge is 2.32. The van der Waals surface area contributed by atoms with Crippen molar-refractivity contribution in [3.05, 3.63) is 60.2 Å². The summed E-state index contributed by atoms with van der Waals surface area (Å²) in [7, 11) is -2.99. The topological polar surface area (TPSA) is 122 Å². The van der Waals surface area contributed by atoms with E-state index in [0.717, 1.165) is 54.0 Å². The summed E-state index contributed by atoms with van der Waals surface area (Å²) in [5, 5.41) is 7.00. The molecule has 4 aromatic rings. The number of aromatic nitrogens is 3. The van der Waals surface area contributed by atoms with Gasteiger partial charge in [-0.2, -0.15) is 0 Å². The number of carbonyl (C=O) groups excluding carboxylic acids is 1. The highest BCUT2D eigenvalue weighted by molar-refractivity contribution is 7.90. The van der Waals surface area contributed by atoms with Crippen LogP contribution in [0.15, 0.2) is 53.7 Å². The first-order valence-electron chi connectivity index (χ1n) is 17.1. The van der Waals surface area contributed by atoms with Gasteiger partial charge in [-0.1, -0.05) is 44.8 Å². The molecule has 0 aliphatic carbocycles. The number of para-hydroxylation sites is 1. The fourth-order valence-corrected chi connectivity index (χ4v) is 8.00. The SMILES string of the molecule is CCC(C(=O)Nc1cccc2c(-c3nc(Nc4cccc(S(C)(=O)=O)c4F)ncc3C)cn(COCC[Si](C)(C)C)c12)N1CCN(C)CC1C. The van der Waals surface area contributed by atoms with E-state index >= 15 is 4.39 Å². The Hall–Kier alpha value is -3.69. The molecule has 2 unspecified atom stereocenters. The fraction of sp³-hybridized carbons (Fsp3) is 0.472. The molecule has 0 spiro atoms. The normalized spacial score (nSPS) is 16.9. The molecular formula is C36H50FN7O4SSi. The number of nitrogens with zero attached hydrogens (tertiary/aromatic N) is 5. The Morgan fingerprint density at radius 3 is 2.54 bits per heavy atom. The molecule has 3 heterocycles. The highest BCUT2D eigenvalue weighted by atomic mass is 32.2. The maximum atomic E-state index is 15.2. The third-order valence-electron chi connectivity index (χ3n) is 9.19. The third-order valence-corrected chi connectivity index (χ3v) is 12.0. The number of nitrogens with one attached hydrogen (secondary N) is 2. The number of sulfone groups is 1. The number of aryl methyl sites for hydroxylation is 1. The average Bonchev–Trinajstić information content (AvgIpc) is 3.41. The summed E-state index contributed by atoms with van der Waals surface area (Å²) in [6, 6.07) is 10.9. The summed E-state index contributed by atoms with van der Waals surface area (Å²) in [6.45, 7) is 16.6. The fourth-order valence-electron chi connectivity index (χ4n) is 6.49. The molecule has 11 nitrogen and oxygen atoms in total. The molecule has 14 heteroatoms. The van der Waals surface area contributed by atoms with E-state index in [1.54, 1.807) is 6.20 Å². The van der Waals surface area contributed by atoms with Crippen molar-refractivity contribution < 1.29 is 22.3 Å². The van der Waals surface area contributed by atoms with E-state index < -0.39 is 28.6 Å². The molecular weight excluding hydrogens is 674 g/mol. The molecule has 1 saturated heterocycles. The summed E-state index contributed by atoms with van der Waals surface area (Å²) < 4.78 is 47.7. The van der Waals surface area contributed by atoms with Crippen LogP contribution in [0.3, 0.4) is 0 Å². The Labute approximate surface area is 296 Å². The second-order valence-corrected chi connectivity index (χ2v) is 22.2. The van der Waals surface area contributed by atoms with Crippen molar-refractivity contribution in [3.63, 3.8) is 0 Å². The Morgan fingerprint density at radius 2 is 1.86 bits per heavy atom. The maximum Gasteiger partial charge on any atom is 0.241 e. The number of anilines is 3. The van der Waals surface area contributed by atoms with Gasteiger partial charge in [0.15, 0.2) is 15.7 Å². The minimum Gasteiger partial charge on any atom is -0.361 e. The Kier molecular flexibility index (Phi) is 11.5. The number of rotatable bonds is 13. The molecule has 50 heavy (non-hydrogen) atoms. The van der Waals surface area contributed by atoms with Gasteiger partial charge in [0.2, 0.25) is 11.9 Å². The van der Waals surface area contributed by atoms with Crippen LogP contribution in [0.5, 0.6) is 0 Å². The van der Waals surface area contributed by atoms with Crippen LogP contribution in [0.1, 0.15) is 25.8 Å². The largest absolute Gasteiger partial charge is 0.361 e. The zero-order valence-corrected chi connectivity index (χ0v) is 32.2. The number of hydrogen-bond acceptors (Lipinski definition) is 9. The molecule has 2 aromatic heterocycles. The number of benzene rings is 2. The van der Waals surface area contributed by atoms with Gasteiger partial charge in [0, 0.05) is 70.0 Å². The molecule has 2 N–H and O–H groups in total. The van der Waals surface area contributed by atoms with Gasteiger partial charge in [-0.25, -0.2) is 22.8 Å². The van der Waals surface area contributed by atoms with E-state index in [1.807, 2.05) is 35.9 Å². The van der Waals surface area contributed by atoms with Crippen LogP contribution in [-0.2, 0) is 26.1 Å². The first-order valence-corrected chi connectivity index (χ1v) is 22.7.